The Kier molecular flexibility index (Phi) is 5.52. The van der Waals surface area contributed by atoms with Crippen molar-refractivity contribution in [2.75, 3.05) is 5.32 Å². The summed E-state index contributed by atoms with van der Waals surface area (Å²) in [4.78, 5) is 24.0. The van der Waals surface area contributed by atoms with E-state index in [2.05, 4.69) is 10.6 Å². The van der Waals surface area contributed by atoms with Crippen LogP contribution in [0.5, 0.6) is 0 Å². The summed E-state index contributed by atoms with van der Waals surface area (Å²) < 4.78 is 0. The normalized spacial score (nSPS) is 10.2. The lowest BCUT2D eigenvalue weighted by atomic mass is 10.1. The van der Waals surface area contributed by atoms with Gasteiger partial charge in [-0.15, -0.1) is 0 Å². The number of hydrogen-bond acceptors (Lipinski definition) is 2. The lowest BCUT2D eigenvalue weighted by molar-refractivity contribution is -0.126. The van der Waals surface area contributed by atoms with Crippen LogP contribution in [-0.4, -0.2) is 11.8 Å². The molecule has 0 saturated heterocycles. The largest absolute Gasteiger partial charge is 0.352 e. The van der Waals surface area contributed by atoms with Crippen molar-refractivity contribution in [3.63, 3.8) is 0 Å². The monoisotopic (exact) mass is 310 g/mol. The minimum Gasteiger partial charge on any atom is -0.352 e. The van der Waals surface area contributed by atoms with E-state index in [1.165, 1.54) is 0 Å². The molecular formula is C19H22N2O2. The first kappa shape index (κ1) is 16.7. The van der Waals surface area contributed by atoms with Crippen molar-refractivity contribution >= 4 is 17.5 Å². The highest BCUT2D eigenvalue weighted by Crippen LogP contribution is 2.19. The van der Waals surface area contributed by atoms with Crippen molar-refractivity contribution in [1.82, 2.24) is 5.32 Å². The SMILES string of the molecule is Cc1ccccc1CNC(=O)CC(=O)Nc1c(C)cccc1C. The van der Waals surface area contributed by atoms with E-state index in [4.69, 9.17) is 0 Å². The van der Waals surface area contributed by atoms with E-state index >= 15 is 0 Å². The fourth-order valence-corrected chi connectivity index (χ4v) is 2.41. The van der Waals surface area contributed by atoms with Crippen molar-refractivity contribution in [2.24, 2.45) is 0 Å². The summed E-state index contributed by atoms with van der Waals surface area (Å²) in [6.45, 7) is 6.29. The van der Waals surface area contributed by atoms with Gasteiger partial charge in [-0.2, -0.15) is 0 Å². The molecule has 0 unspecified atom stereocenters. The van der Waals surface area contributed by atoms with Crippen molar-refractivity contribution < 1.29 is 9.59 Å². The first-order chi connectivity index (χ1) is 11.0. The van der Waals surface area contributed by atoms with E-state index in [9.17, 15) is 9.59 Å². The molecule has 120 valence electrons. The summed E-state index contributed by atoms with van der Waals surface area (Å²) in [6, 6.07) is 13.7. The Balaban J connectivity index is 1.88. The highest BCUT2D eigenvalue weighted by Gasteiger charge is 2.12. The number of anilines is 1. The van der Waals surface area contributed by atoms with Gasteiger partial charge in [-0.3, -0.25) is 9.59 Å². The second-order valence-corrected chi connectivity index (χ2v) is 5.69. The third-order valence-corrected chi connectivity index (χ3v) is 3.80. The molecule has 0 spiro atoms. The van der Waals surface area contributed by atoms with Crippen molar-refractivity contribution in [3.05, 3.63) is 64.7 Å². The summed E-state index contributed by atoms with van der Waals surface area (Å²) in [5.74, 6) is -0.582. The molecule has 2 amide bonds. The van der Waals surface area contributed by atoms with Gasteiger partial charge >= 0.3 is 0 Å². The number of para-hydroxylation sites is 1. The molecule has 23 heavy (non-hydrogen) atoms. The van der Waals surface area contributed by atoms with E-state index < -0.39 is 0 Å². The smallest absolute Gasteiger partial charge is 0.233 e. The first-order valence-corrected chi connectivity index (χ1v) is 7.64. The standard InChI is InChI=1S/C19H22N2O2/c1-13-7-4-5-10-16(13)12-20-17(22)11-18(23)21-19-14(2)8-6-9-15(19)3/h4-10H,11-12H2,1-3H3,(H,20,22)(H,21,23). The van der Waals surface area contributed by atoms with Gasteiger partial charge in [0.1, 0.15) is 6.42 Å². The molecule has 0 aliphatic carbocycles. The van der Waals surface area contributed by atoms with Crippen molar-refractivity contribution in [2.45, 2.75) is 33.7 Å². The Morgan fingerprint density at radius 3 is 2.09 bits per heavy atom. The van der Waals surface area contributed by atoms with Crippen LogP contribution in [0, 0.1) is 20.8 Å². The van der Waals surface area contributed by atoms with Gasteiger partial charge in [-0.1, -0.05) is 42.5 Å². The maximum atomic E-state index is 12.0. The minimum atomic E-state index is -0.301. The third kappa shape index (κ3) is 4.68. The molecule has 0 fully saturated rings. The molecule has 0 bridgehead atoms. The molecule has 4 heteroatoms. The van der Waals surface area contributed by atoms with Gasteiger partial charge in [-0.05, 0) is 43.0 Å². The van der Waals surface area contributed by atoms with Gasteiger partial charge in [0.2, 0.25) is 11.8 Å². The topological polar surface area (TPSA) is 58.2 Å². The molecule has 0 aliphatic heterocycles. The van der Waals surface area contributed by atoms with E-state index in [-0.39, 0.29) is 18.2 Å². The number of amides is 2. The maximum Gasteiger partial charge on any atom is 0.233 e. The predicted octanol–water partition coefficient (Wildman–Crippen LogP) is 3.26. The van der Waals surface area contributed by atoms with Gasteiger partial charge in [0.25, 0.3) is 0 Å². The Bertz CT molecular complexity index is 703. The summed E-state index contributed by atoms with van der Waals surface area (Å²) in [6.07, 6.45) is -0.181. The highest BCUT2D eigenvalue weighted by atomic mass is 16.2. The number of hydrogen-bond donors (Lipinski definition) is 2. The van der Waals surface area contributed by atoms with Crippen LogP contribution in [0.4, 0.5) is 5.69 Å². The zero-order valence-corrected chi connectivity index (χ0v) is 13.8. The van der Waals surface area contributed by atoms with Gasteiger partial charge in [0, 0.05) is 12.2 Å². The van der Waals surface area contributed by atoms with E-state index in [0.717, 1.165) is 27.9 Å². The average molecular weight is 310 g/mol. The summed E-state index contributed by atoms with van der Waals surface area (Å²) in [5.41, 5.74) is 4.92. The molecule has 0 radical (unpaired) electrons. The van der Waals surface area contributed by atoms with Crippen LogP contribution in [0.1, 0.15) is 28.7 Å². The van der Waals surface area contributed by atoms with Crippen molar-refractivity contribution in [3.8, 4) is 0 Å². The molecular weight excluding hydrogens is 288 g/mol. The molecule has 0 aliphatic rings. The fourth-order valence-electron chi connectivity index (χ4n) is 2.41. The zero-order valence-electron chi connectivity index (χ0n) is 13.8. The lowest BCUT2D eigenvalue weighted by Gasteiger charge is -2.12. The molecule has 2 aromatic carbocycles. The fraction of sp³-hybridized carbons (Fsp3) is 0.263. The summed E-state index contributed by atoms with van der Waals surface area (Å²) >= 11 is 0. The van der Waals surface area contributed by atoms with Crippen LogP contribution in [0.25, 0.3) is 0 Å². The zero-order chi connectivity index (χ0) is 16.8. The number of nitrogens with one attached hydrogen (secondary N) is 2. The number of carbonyl (C=O) groups excluding carboxylic acids is 2. The molecule has 2 aromatic rings. The molecule has 0 atom stereocenters. The van der Waals surface area contributed by atoms with E-state index in [0.29, 0.717) is 6.54 Å². The highest BCUT2D eigenvalue weighted by molar-refractivity contribution is 6.04. The second kappa shape index (κ2) is 7.58. The Labute approximate surface area is 136 Å². The van der Waals surface area contributed by atoms with Crippen molar-refractivity contribution in [1.29, 1.82) is 0 Å². The third-order valence-electron chi connectivity index (χ3n) is 3.80. The van der Waals surface area contributed by atoms with Gasteiger partial charge in [0.15, 0.2) is 0 Å². The minimum absolute atomic E-state index is 0.181. The summed E-state index contributed by atoms with van der Waals surface area (Å²) in [7, 11) is 0. The molecule has 0 aromatic heterocycles. The van der Waals surface area contributed by atoms with Gasteiger partial charge in [-0.25, -0.2) is 0 Å². The molecule has 0 heterocycles. The van der Waals surface area contributed by atoms with Gasteiger partial charge < -0.3 is 10.6 Å². The van der Waals surface area contributed by atoms with Crippen LogP contribution in [0.15, 0.2) is 42.5 Å². The van der Waals surface area contributed by atoms with Crippen LogP contribution in [0.2, 0.25) is 0 Å². The average Bonchev–Trinajstić information content (AvgIpc) is 2.50. The molecule has 4 nitrogen and oxygen atoms in total. The maximum absolute atomic E-state index is 12.0. The summed E-state index contributed by atoms with van der Waals surface area (Å²) in [5, 5.41) is 5.61. The van der Waals surface area contributed by atoms with Gasteiger partial charge in [0.05, 0.1) is 0 Å². The Morgan fingerprint density at radius 1 is 0.826 bits per heavy atom. The number of aryl methyl sites for hydroxylation is 3. The predicted molar refractivity (Wildman–Crippen MR) is 92.2 cm³/mol. The molecule has 0 saturated carbocycles. The lowest BCUT2D eigenvalue weighted by Crippen LogP contribution is -2.28. The Morgan fingerprint density at radius 2 is 1.43 bits per heavy atom. The van der Waals surface area contributed by atoms with E-state index in [1.807, 2.05) is 63.2 Å². The van der Waals surface area contributed by atoms with Crippen LogP contribution >= 0.6 is 0 Å². The van der Waals surface area contributed by atoms with Crippen LogP contribution < -0.4 is 10.6 Å². The molecule has 2 rings (SSSR count). The molecule has 2 N–H and O–H groups in total. The number of rotatable bonds is 5. The number of carbonyl (C=O) groups is 2. The quantitative estimate of drug-likeness (QED) is 0.833. The van der Waals surface area contributed by atoms with Crippen LogP contribution in [-0.2, 0) is 16.1 Å². The Hall–Kier alpha value is -2.62. The van der Waals surface area contributed by atoms with E-state index in [1.54, 1.807) is 0 Å². The number of benzene rings is 2. The first-order valence-electron chi connectivity index (χ1n) is 7.64. The van der Waals surface area contributed by atoms with Crippen LogP contribution in [0.3, 0.4) is 0 Å². The second-order valence-electron chi connectivity index (χ2n) is 5.69.